The Labute approximate surface area is 141 Å². The molecule has 0 spiro atoms. The van der Waals surface area contributed by atoms with E-state index < -0.39 is 0 Å². The summed E-state index contributed by atoms with van der Waals surface area (Å²) in [5, 5.41) is 0.999. The molecule has 0 unspecified atom stereocenters. The van der Waals surface area contributed by atoms with Crippen LogP contribution in [0.2, 0.25) is 0 Å². The van der Waals surface area contributed by atoms with E-state index in [1.165, 1.54) is 24.9 Å². The Kier molecular flexibility index (Phi) is 4.96. The Hall–Kier alpha value is -1.88. The number of piperidine rings is 1. The van der Waals surface area contributed by atoms with E-state index in [1.807, 2.05) is 38.1 Å². The number of anilines is 1. The van der Waals surface area contributed by atoms with Crippen LogP contribution in [0.1, 0.15) is 45.2 Å². The fraction of sp³-hybridized carbons (Fsp3) is 0.444. The van der Waals surface area contributed by atoms with E-state index in [-0.39, 0.29) is 5.97 Å². The first-order valence-electron chi connectivity index (χ1n) is 8.08. The van der Waals surface area contributed by atoms with Crippen LogP contribution in [0.25, 0.3) is 0 Å². The highest BCUT2D eigenvalue weighted by molar-refractivity contribution is 7.11. The Morgan fingerprint density at radius 1 is 1.17 bits per heavy atom. The number of benzene rings is 1. The third-order valence-electron chi connectivity index (χ3n) is 4.16. The molecule has 0 radical (unpaired) electrons. The normalized spacial score (nSPS) is 14.8. The zero-order valence-electron chi connectivity index (χ0n) is 13.7. The van der Waals surface area contributed by atoms with Crippen LogP contribution >= 0.6 is 11.3 Å². The number of thiazole rings is 1. The van der Waals surface area contributed by atoms with Gasteiger partial charge in [-0.25, -0.2) is 9.78 Å². The number of hydrogen-bond donors (Lipinski definition) is 0. The average molecular weight is 330 g/mol. The quantitative estimate of drug-likeness (QED) is 0.791. The molecule has 1 aliphatic heterocycles. The van der Waals surface area contributed by atoms with Crippen LogP contribution in [0.5, 0.6) is 0 Å². The van der Waals surface area contributed by atoms with E-state index in [1.54, 1.807) is 11.3 Å². The summed E-state index contributed by atoms with van der Waals surface area (Å²) in [5.41, 5.74) is 2.74. The van der Waals surface area contributed by atoms with Gasteiger partial charge in [0.1, 0.15) is 6.61 Å². The lowest BCUT2D eigenvalue weighted by molar-refractivity contribution is 0.0476. The van der Waals surface area contributed by atoms with Gasteiger partial charge in [0.25, 0.3) is 0 Å². The van der Waals surface area contributed by atoms with Crippen LogP contribution < -0.4 is 4.90 Å². The van der Waals surface area contributed by atoms with Crippen LogP contribution in [0.3, 0.4) is 0 Å². The highest BCUT2D eigenvalue weighted by Gasteiger charge is 2.13. The maximum absolute atomic E-state index is 12.2. The number of carbonyl (C=O) groups excluding carboxylic acids is 1. The molecule has 1 fully saturated rings. The lowest BCUT2D eigenvalue weighted by Crippen LogP contribution is -2.29. The molecule has 0 atom stereocenters. The predicted molar refractivity (Wildman–Crippen MR) is 93.2 cm³/mol. The first kappa shape index (κ1) is 16.0. The van der Waals surface area contributed by atoms with Gasteiger partial charge in [0, 0.05) is 18.8 Å². The first-order chi connectivity index (χ1) is 11.1. The van der Waals surface area contributed by atoms with Gasteiger partial charge < -0.3 is 9.64 Å². The number of aromatic nitrogens is 1. The molecule has 1 saturated heterocycles. The summed E-state index contributed by atoms with van der Waals surface area (Å²) in [5.74, 6) is -0.277. The maximum atomic E-state index is 12.2. The van der Waals surface area contributed by atoms with Crippen molar-refractivity contribution in [3.05, 3.63) is 45.4 Å². The molecule has 1 aromatic heterocycles. The zero-order valence-corrected chi connectivity index (χ0v) is 14.5. The van der Waals surface area contributed by atoms with Crippen LogP contribution in [-0.4, -0.2) is 24.0 Å². The number of esters is 1. The van der Waals surface area contributed by atoms with Gasteiger partial charge in [-0.2, -0.15) is 0 Å². The van der Waals surface area contributed by atoms with E-state index in [2.05, 4.69) is 9.88 Å². The predicted octanol–water partition coefficient (Wildman–Crippen LogP) is 4.11. The molecule has 0 bridgehead atoms. The topological polar surface area (TPSA) is 42.4 Å². The van der Waals surface area contributed by atoms with E-state index in [9.17, 15) is 4.79 Å². The SMILES string of the molecule is Cc1nc(C)c(COC(=O)c2ccc(N3CCCCC3)cc2)s1. The number of ether oxygens (including phenoxy) is 1. The molecule has 5 heteroatoms. The van der Waals surface area contributed by atoms with Gasteiger partial charge in [0.15, 0.2) is 0 Å². The molecule has 122 valence electrons. The number of rotatable bonds is 4. The molecule has 0 saturated carbocycles. The van der Waals surface area contributed by atoms with Crippen molar-refractivity contribution in [3.63, 3.8) is 0 Å². The maximum Gasteiger partial charge on any atom is 0.338 e. The molecule has 3 rings (SSSR count). The smallest absolute Gasteiger partial charge is 0.338 e. The Morgan fingerprint density at radius 3 is 2.48 bits per heavy atom. The molecule has 4 nitrogen and oxygen atoms in total. The van der Waals surface area contributed by atoms with Gasteiger partial charge >= 0.3 is 5.97 Å². The summed E-state index contributed by atoms with van der Waals surface area (Å²) in [4.78, 5) is 19.9. The van der Waals surface area contributed by atoms with Crippen molar-refractivity contribution < 1.29 is 9.53 Å². The van der Waals surface area contributed by atoms with Crippen LogP contribution in [0.15, 0.2) is 24.3 Å². The summed E-state index contributed by atoms with van der Waals surface area (Å²) >= 11 is 1.58. The summed E-state index contributed by atoms with van der Waals surface area (Å²) in [6, 6.07) is 7.75. The molecule has 2 aromatic rings. The second kappa shape index (κ2) is 7.13. The fourth-order valence-electron chi connectivity index (χ4n) is 2.88. The zero-order chi connectivity index (χ0) is 16.2. The minimum absolute atomic E-state index is 0.277. The third kappa shape index (κ3) is 3.91. The minimum Gasteiger partial charge on any atom is -0.456 e. The minimum atomic E-state index is -0.277. The van der Waals surface area contributed by atoms with Crippen molar-refractivity contribution in [2.24, 2.45) is 0 Å². The molecule has 2 heterocycles. The van der Waals surface area contributed by atoms with Crippen LogP contribution in [-0.2, 0) is 11.3 Å². The van der Waals surface area contributed by atoms with Gasteiger partial charge in [-0.15, -0.1) is 11.3 Å². The molecular formula is C18H22N2O2S. The van der Waals surface area contributed by atoms with Gasteiger partial charge in [-0.05, 0) is 57.4 Å². The molecule has 23 heavy (non-hydrogen) atoms. The first-order valence-corrected chi connectivity index (χ1v) is 8.90. The van der Waals surface area contributed by atoms with E-state index in [0.717, 1.165) is 28.7 Å². The highest BCUT2D eigenvalue weighted by Crippen LogP contribution is 2.21. The second-order valence-electron chi connectivity index (χ2n) is 5.91. The van der Waals surface area contributed by atoms with Crippen molar-refractivity contribution >= 4 is 23.0 Å². The Morgan fingerprint density at radius 2 is 1.87 bits per heavy atom. The van der Waals surface area contributed by atoms with Crippen LogP contribution in [0.4, 0.5) is 5.69 Å². The monoisotopic (exact) mass is 330 g/mol. The molecule has 0 aliphatic carbocycles. The lowest BCUT2D eigenvalue weighted by atomic mass is 10.1. The second-order valence-corrected chi connectivity index (χ2v) is 7.20. The average Bonchev–Trinajstić information content (AvgIpc) is 2.91. The third-order valence-corrected chi connectivity index (χ3v) is 5.20. The van der Waals surface area contributed by atoms with Crippen molar-refractivity contribution in [3.8, 4) is 0 Å². The van der Waals surface area contributed by atoms with E-state index >= 15 is 0 Å². The van der Waals surface area contributed by atoms with Gasteiger partial charge in [0.2, 0.25) is 0 Å². The van der Waals surface area contributed by atoms with Crippen molar-refractivity contribution in [1.82, 2.24) is 4.98 Å². The highest BCUT2D eigenvalue weighted by atomic mass is 32.1. The Balaban J connectivity index is 1.60. The van der Waals surface area contributed by atoms with Gasteiger partial charge in [0.05, 0.1) is 21.1 Å². The summed E-state index contributed by atoms with van der Waals surface area (Å²) in [6.45, 7) is 6.41. The van der Waals surface area contributed by atoms with E-state index in [0.29, 0.717) is 12.2 Å². The molecule has 0 amide bonds. The number of carbonyl (C=O) groups is 1. The standard InChI is InChI=1S/C18H22N2O2S/c1-13-17(23-14(2)19-13)12-22-18(21)15-6-8-16(9-7-15)20-10-4-3-5-11-20/h6-9H,3-5,10-12H2,1-2H3. The molecular weight excluding hydrogens is 308 g/mol. The number of nitrogens with zero attached hydrogens (tertiary/aromatic N) is 2. The molecule has 0 N–H and O–H groups in total. The molecule has 1 aromatic carbocycles. The van der Waals surface area contributed by atoms with E-state index in [4.69, 9.17) is 4.74 Å². The number of aryl methyl sites for hydroxylation is 2. The molecule has 1 aliphatic rings. The summed E-state index contributed by atoms with van der Waals surface area (Å²) in [6.07, 6.45) is 3.81. The van der Waals surface area contributed by atoms with Gasteiger partial charge in [-0.3, -0.25) is 0 Å². The van der Waals surface area contributed by atoms with Crippen molar-refractivity contribution in [1.29, 1.82) is 0 Å². The number of hydrogen-bond acceptors (Lipinski definition) is 5. The largest absolute Gasteiger partial charge is 0.456 e. The summed E-state index contributed by atoms with van der Waals surface area (Å²) in [7, 11) is 0. The van der Waals surface area contributed by atoms with Gasteiger partial charge in [-0.1, -0.05) is 0 Å². The van der Waals surface area contributed by atoms with Crippen molar-refractivity contribution in [2.75, 3.05) is 18.0 Å². The fourth-order valence-corrected chi connectivity index (χ4v) is 3.73. The Bertz CT molecular complexity index is 673. The van der Waals surface area contributed by atoms with Crippen LogP contribution in [0, 0.1) is 13.8 Å². The van der Waals surface area contributed by atoms with Crippen molar-refractivity contribution in [2.45, 2.75) is 39.7 Å². The lowest BCUT2D eigenvalue weighted by Gasteiger charge is -2.28. The summed E-state index contributed by atoms with van der Waals surface area (Å²) < 4.78 is 5.41.